The molecule has 0 spiro atoms. The van der Waals surface area contributed by atoms with Crippen LogP contribution in [0, 0.1) is 5.41 Å². The van der Waals surface area contributed by atoms with E-state index < -0.39 is 5.41 Å². The minimum atomic E-state index is -0.594. The Kier molecular flexibility index (Phi) is 2.49. The van der Waals surface area contributed by atoms with Gasteiger partial charge in [-0.1, -0.05) is 20.8 Å². The molecule has 2 aromatic heterocycles. The molecular formula is C11H13N4O2-. The molecule has 0 unspecified atom stereocenters. The van der Waals surface area contributed by atoms with Crippen molar-refractivity contribution in [2.24, 2.45) is 10.4 Å². The maximum Gasteiger partial charge on any atom is 0.261 e. The number of aromatic amines is 2. The predicted molar refractivity (Wildman–Crippen MR) is 63.3 cm³/mol. The van der Waals surface area contributed by atoms with Crippen molar-refractivity contribution in [2.45, 2.75) is 20.8 Å². The van der Waals surface area contributed by atoms with Gasteiger partial charge in [0.05, 0.1) is 5.39 Å². The van der Waals surface area contributed by atoms with Crippen LogP contribution in [0.15, 0.2) is 22.1 Å². The lowest BCUT2D eigenvalue weighted by Crippen LogP contribution is -2.32. The molecule has 6 heteroatoms. The Morgan fingerprint density at radius 3 is 2.82 bits per heavy atom. The van der Waals surface area contributed by atoms with Gasteiger partial charge in [-0.25, -0.2) is 4.99 Å². The quantitative estimate of drug-likeness (QED) is 0.560. The van der Waals surface area contributed by atoms with Crippen molar-refractivity contribution in [3.8, 4) is 0 Å². The molecule has 6 nitrogen and oxygen atoms in total. The lowest BCUT2D eigenvalue weighted by atomic mass is 9.97. The maximum absolute atomic E-state index is 11.7. The topological polar surface area (TPSA) is 97.0 Å². The molecule has 90 valence electrons. The molecule has 0 saturated carbocycles. The van der Waals surface area contributed by atoms with Gasteiger partial charge in [0, 0.05) is 6.20 Å². The van der Waals surface area contributed by atoms with Crippen molar-refractivity contribution >= 4 is 22.9 Å². The minimum absolute atomic E-state index is 0.0323. The predicted octanol–water partition coefficient (Wildman–Crippen LogP) is 0.688. The Hall–Kier alpha value is -2.11. The molecule has 2 N–H and O–H groups in total. The molecule has 0 aliphatic carbocycles. The van der Waals surface area contributed by atoms with E-state index in [1.54, 1.807) is 33.0 Å². The van der Waals surface area contributed by atoms with E-state index in [9.17, 15) is 9.90 Å². The number of rotatable bonds is 1. The molecule has 0 saturated heterocycles. The van der Waals surface area contributed by atoms with E-state index in [-0.39, 0.29) is 17.4 Å². The van der Waals surface area contributed by atoms with E-state index in [0.717, 1.165) is 0 Å². The molecule has 0 atom stereocenters. The average molecular weight is 233 g/mol. The van der Waals surface area contributed by atoms with Gasteiger partial charge in [0.2, 0.25) is 5.95 Å². The van der Waals surface area contributed by atoms with Gasteiger partial charge in [-0.3, -0.25) is 9.78 Å². The third-order valence-electron chi connectivity index (χ3n) is 2.26. The second-order valence-corrected chi connectivity index (χ2v) is 4.80. The van der Waals surface area contributed by atoms with Crippen LogP contribution >= 0.6 is 0 Å². The highest BCUT2D eigenvalue weighted by Gasteiger charge is 2.11. The number of fused-ring (bicyclic) bond motifs is 1. The molecular weight excluding hydrogens is 220 g/mol. The van der Waals surface area contributed by atoms with Crippen molar-refractivity contribution in [1.29, 1.82) is 0 Å². The van der Waals surface area contributed by atoms with Crippen LogP contribution < -0.4 is 10.7 Å². The Morgan fingerprint density at radius 1 is 1.47 bits per heavy atom. The Morgan fingerprint density at radius 2 is 2.18 bits per heavy atom. The number of aromatic nitrogens is 3. The molecule has 0 aromatic carbocycles. The number of hydrogen-bond acceptors (Lipinski definition) is 4. The fourth-order valence-corrected chi connectivity index (χ4v) is 1.26. The van der Waals surface area contributed by atoms with Gasteiger partial charge in [-0.05, 0) is 17.4 Å². The SMILES string of the molecule is CC(C)(C)C([O-])=Nc1nc2[nH]ccc2c(=O)[nH]1. The summed E-state index contributed by atoms with van der Waals surface area (Å²) in [5.74, 6) is -0.295. The summed E-state index contributed by atoms with van der Waals surface area (Å²) in [6.45, 7) is 5.26. The summed E-state index contributed by atoms with van der Waals surface area (Å²) in [6, 6.07) is 1.62. The first-order valence-electron chi connectivity index (χ1n) is 5.21. The minimum Gasteiger partial charge on any atom is -0.861 e. The summed E-state index contributed by atoms with van der Waals surface area (Å²) in [7, 11) is 0. The molecule has 2 heterocycles. The smallest absolute Gasteiger partial charge is 0.261 e. The zero-order valence-corrected chi connectivity index (χ0v) is 9.87. The van der Waals surface area contributed by atoms with Crippen molar-refractivity contribution in [3.05, 3.63) is 22.6 Å². The zero-order valence-electron chi connectivity index (χ0n) is 9.87. The molecule has 0 amide bonds. The van der Waals surface area contributed by atoms with Crippen molar-refractivity contribution in [3.63, 3.8) is 0 Å². The molecule has 0 fully saturated rings. The fraction of sp³-hybridized carbons (Fsp3) is 0.364. The van der Waals surface area contributed by atoms with E-state index in [1.807, 2.05) is 0 Å². The summed E-state index contributed by atoms with van der Waals surface area (Å²) in [6.07, 6.45) is 1.61. The molecule has 2 rings (SSSR count). The number of nitrogens with one attached hydrogen (secondary N) is 2. The summed E-state index contributed by atoms with van der Waals surface area (Å²) in [4.78, 5) is 24.7. The van der Waals surface area contributed by atoms with E-state index in [2.05, 4.69) is 19.9 Å². The summed E-state index contributed by atoms with van der Waals surface area (Å²) >= 11 is 0. The van der Waals surface area contributed by atoms with Crippen LogP contribution in [0.4, 0.5) is 5.95 Å². The molecule has 0 aliphatic rings. The molecule has 0 radical (unpaired) electrons. The molecule has 2 aromatic rings. The largest absolute Gasteiger partial charge is 0.861 e. The van der Waals surface area contributed by atoms with Crippen LogP contribution in [-0.4, -0.2) is 20.8 Å². The zero-order chi connectivity index (χ0) is 12.6. The second-order valence-electron chi connectivity index (χ2n) is 4.80. The summed E-state index contributed by atoms with van der Waals surface area (Å²) in [5.41, 5.74) is -0.477. The van der Waals surface area contributed by atoms with Crippen LogP contribution in [0.2, 0.25) is 0 Å². The fourth-order valence-electron chi connectivity index (χ4n) is 1.26. The van der Waals surface area contributed by atoms with Crippen molar-refractivity contribution in [1.82, 2.24) is 15.0 Å². The van der Waals surface area contributed by atoms with Gasteiger partial charge < -0.3 is 10.1 Å². The first-order valence-corrected chi connectivity index (χ1v) is 5.21. The Bertz CT molecular complexity index is 631. The molecule has 0 aliphatic heterocycles. The first-order chi connectivity index (χ1) is 7.88. The third kappa shape index (κ3) is 2.20. The highest BCUT2D eigenvalue weighted by Crippen LogP contribution is 2.15. The summed E-state index contributed by atoms with van der Waals surface area (Å²) in [5, 5.41) is 12.1. The lowest BCUT2D eigenvalue weighted by Gasteiger charge is -2.25. The lowest BCUT2D eigenvalue weighted by molar-refractivity contribution is -0.228. The van der Waals surface area contributed by atoms with Gasteiger partial charge in [0.25, 0.3) is 5.56 Å². The molecule has 0 bridgehead atoms. The Labute approximate surface area is 97.4 Å². The van der Waals surface area contributed by atoms with Crippen LogP contribution in [0.1, 0.15) is 20.8 Å². The average Bonchev–Trinajstić information content (AvgIpc) is 2.64. The third-order valence-corrected chi connectivity index (χ3v) is 2.26. The van der Waals surface area contributed by atoms with E-state index in [1.165, 1.54) is 0 Å². The van der Waals surface area contributed by atoms with E-state index >= 15 is 0 Å². The molecule has 17 heavy (non-hydrogen) atoms. The number of aliphatic imine (C=N–C) groups is 1. The number of nitrogens with zero attached hydrogens (tertiary/aromatic N) is 2. The van der Waals surface area contributed by atoms with Crippen LogP contribution in [0.25, 0.3) is 11.0 Å². The van der Waals surface area contributed by atoms with Gasteiger partial charge >= 0.3 is 0 Å². The maximum atomic E-state index is 11.7. The van der Waals surface area contributed by atoms with Crippen molar-refractivity contribution in [2.75, 3.05) is 0 Å². The van der Waals surface area contributed by atoms with E-state index in [4.69, 9.17) is 0 Å². The second kappa shape index (κ2) is 3.73. The number of hydrogen-bond donors (Lipinski definition) is 2. The van der Waals surface area contributed by atoms with E-state index in [0.29, 0.717) is 11.0 Å². The van der Waals surface area contributed by atoms with Crippen molar-refractivity contribution < 1.29 is 5.11 Å². The highest BCUT2D eigenvalue weighted by molar-refractivity contribution is 5.80. The normalized spacial score (nSPS) is 13.2. The Balaban J connectivity index is 2.54. The van der Waals surface area contributed by atoms with Gasteiger partial charge in [-0.15, -0.1) is 0 Å². The van der Waals surface area contributed by atoms with Crippen LogP contribution in [-0.2, 0) is 0 Å². The summed E-state index contributed by atoms with van der Waals surface area (Å²) < 4.78 is 0. The van der Waals surface area contributed by atoms with Crippen LogP contribution in [0.5, 0.6) is 0 Å². The van der Waals surface area contributed by atoms with Gasteiger partial charge in [-0.2, -0.15) is 4.98 Å². The highest BCUT2D eigenvalue weighted by atomic mass is 16.3. The number of H-pyrrole nitrogens is 2. The standard InChI is InChI=1S/C11H14N4O2/c1-11(2,3)9(17)15-10-13-7-6(4-5-12-7)8(16)14-10/h4-5H,1-3H3,(H3,12,13,14,15,16,17)/p-1. The van der Waals surface area contributed by atoms with Gasteiger partial charge in [0.1, 0.15) is 5.65 Å². The van der Waals surface area contributed by atoms with Gasteiger partial charge in [0.15, 0.2) is 0 Å². The monoisotopic (exact) mass is 233 g/mol. The van der Waals surface area contributed by atoms with Crippen LogP contribution in [0.3, 0.4) is 0 Å². The first kappa shape index (κ1) is 11.4.